The van der Waals surface area contributed by atoms with Gasteiger partial charge in [-0.15, -0.1) is 0 Å². The van der Waals surface area contributed by atoms with Crippen LogP contribution in [0.3, 0.4) is 0 Å². The summed E-state index contributed by atoms with van der Waals surface area (Å²) in [6.07, 6.45) is 6.49. The van der Waals surface area contributed by atoms with E-state index in [0.717, 1.165) is 17.8 Å². The lowest BCUT2D eigenvalue weighted by molar-refractivity contribution is -0.111. The highest BCUT2D eigenvalue weighted by Crippen LogP contribution is 2.17. The molecule has 0 atom stereocenters. The first-order chi connectivity index (χ1) is 14.0. The van der Waals surface area contributed by atoms with E-state index in [1.54, 1.807) is 35.3 Å². The molecule has 3 rings (SSSR count). The molecule has 2 aromatic heterocycles. The summed E-state index contributed by atoms with van der Waals surface area (Å²) in [7, 11) is 0. The van der Waals surface area contributed by atoms with Crippen molar-refractivity contribution in [2.75, 3.05) is 10.6 Å². The number of aromatic nitrogens is 4. The van der Waals surface area contributed by atoms with Crippen LogP contribution in [0.5, 0.6) is 0 Å². The molecule has 0 bridgehead atoms. The molecule has 8 heteroatoms. The highest BCUT2D eigenvalue weighted by molar-refractivity contribution is 6.10. The van der Waals surface area contributed by atoms with Gasteiger partial charge in [0.1, 0.15) is 0 Å². The van der Waals surface area contributed by atoms with Gasteiger partial charge in [-0.1, -0.05) is 18.2 Å². The number of hydrogen-bond acceptors (Lipinski definition) is 4. The number of amides is 2. The summed E-state index contributed by atoms with van der Waals surface area (Å²) in [5, 5.41) is 14.1. The van der Waals surface area contributed by atoms with Crippen LogP contribution in [0.2, 0.25) is 0 Å². The number of carbonyl (C=O) groups excluding carboxylic acids is 2. The molecule has 0 unspecified atom stereocenters. The maximum Gasteiger partial charge on any atom is 0.278 e. The molecule has 0 saturated heterocycles. The largest absolute Gasteiger partial charge is 0.321 e. The zero-order chi connectivity index (χ0) is 20.8. The van der Waals surface area contributed by atoms with Crippen LogP contribution in [0.4, 0.5) is 11.4 Å². The standard InChI is InChI=1S/C21H24N6O2/c1-4-26-14-18(20(25-26)21(29)23-17-9-7-6-8-10-17)24-19(28)12-11-16-13-22-27(5-2)15(16)3/h6-14H,4-5H2,1-3H3,(H,23,29)(H,24,28)/b12-11+. The molecule has 2 amide bonds. The maximum absolute atomic E-state index is 12.6. The molecule has 0 aliphatic heterocycles. The van der Waals surface area contributed by atoms with Crippen molar-refractivity contribution in [1.29, 1.82) is 0 Å². The number of para-hydroxylation sites is 1. The minimum atomic E-state index is -0.386. The van der Waals surface area contributed by atoms with Crippen LogP contribution in [0.25, 0.3) is 6.08 Å². The second kappa shape index (κ2) is 9.01. The third-order valence-corrected chi connectivity index (χ3v) is 4.45. The van der Waals surface area contributed by atoms with E-state index in [1.165, 1.54) is 6.08 Å². The second-order valence-electron chi connectivity index (χ2n) is 6.39. The molecule has 0 saturated carbocycles. The zero-order valence-corrected chi connectivity index (χ0v) is 16.7. The van der Waals surface area contributed by atoms with Gasteiger partial charge >= 0.3 is 0 Å². The molecule has 150 valence electrons. The molecule has 29 heavy (non-hydrogen) atoms. The van der Waals surface area contributed by atoms with Gasteiger partial charge in [0.2, 0.25) is 5.91 Å². The number of anilines is 2. The van der Waals surface area contributed by atoms with Crippen molar-refractivity contribution in [1.82, 2.24) is 19.6 Å². The van der Waals surface area contributed by atoms with Crippen LogP contribution in [0.15, 0.2) is 48.8 Å². The van der Waals surface area contributed by atoms with Gasteiger partial charge in [-0.25, -0.2) is 0 Å². The summed E-state index contributed by atoms with van der Waals surface area (Å²) in [4.78, 5) is 25.0. The zero-order valence-electron chi connectivity index (χ0n) is 16.7. The van der Waals surface area contributed by atoms with Crippen LogP contribution in [0, 0.1) is 6.92 Å². The Balaban J connectivity index is 1.75. The Morgan fingerprint density at radius 1 is 1.10 bits per heavy atom. The fourth-order valence-electron chi connectivity index (χ4n) is 2.84. The van der Waals surface area contributed by atoms with E-state index in [2.05, 4.69) is 20.8 Å². The second-order valence-corrected chi connectivity index (χ2v) is 6.39. The van der Waals surface area contributed by atoms with Gasteiger partial charge in [0.15, 0.2) is 5.69 Å². The molecular weight excluding hydrogens is 368 g/mol. The number of hydrogen-bond donors (Lipinski definition) is 2. The van der Waals surface area contributed by atoms with E-state index in [1.807, 2.05) is 43.7 Å². The van der Waals surface area contributed by atoms with Crippen molar-refractivity contribution in [3.05, 3.63) is 65.8 Å². The number of carbonyl (C=O) groups is 2. The average molecular weight is 392 g/mol. The molecule has 2 heterocycles. The molecule has 0 spiro atoms. The van der Waals surface area contributed by atoms with Gasteiger partial charge in [-0.2, -0.15) is 10.2 Å². The van der Waals surface area contributed by atoms with E-state index in [4.69, 9.17) is 0 Å². The monoisotopic (exact) mass is 392 g/mol. The Morgan fingerprint density at radius 3 is 2.52 bits per heavy atom. The third kappa shape index (κ3) is 4.78. The number of rotatable bonds is 7. The van der Waals surface area contributed by atoms with Gasteiger partial charge in [0.25, 0.3) is 5.91 Å². The topological polar surface area (TPSA) is 93.8 Å². The number of aryl methyl sites for hydroxylation is 2. The van der Waals surface area contributed by atoms with E-state index < -0.39 is 0 Å². The van der Waals surface area contributed by atoms with Crippen molar-refractivity contribution in [2.24, 2.45) is 0 Å². The van der Waals surface area contributed by atoms with Gasteiger partial charge < -0.3 is 10.6 Å². The van der Waals surface area contributed by atoms with Gasteiger partial charge in [-0.05, 0) is 39.0 Å². The SMILES string of the molecule is CCn1cc(NC(=O)/C=C/c2cnn(CC)c2C)c(C(=O)Nc2ccccc2)n1. The van der Waals surface area contributed by atoms with Gasteiger partial charge in [-0.3, -0.25) is 19.0 Å². The highest BCUT2D eigenvalue weighted by atomic mass is 16.2. The Morgan fingerprint density at radius 2 is 1.86 bits per heavy atom. The molecule has 8 nitrogen and oxygen atoms in total. The van der Waals surface area contributed by atoms with E-state index in [0.29, 0.717) is 17.9 Å². The van der Waals surface area contributed by atoms with E-state index in [9.17, 15) is 9.59 Å². The maximum atomic E-state index is 12.6. The number of nitrogens with one attached hydrogen (secondary N) is 2. The summed E-state index contributed by atoms with van der Waals surface area (Å²) < 4.78 is 3.46. The molecular formula is C21H24N6O2. The van der Waals surface area contributed by atoms with Crippen LogP contribution in [0.1, 0.15) is 35.6 Å². The Hall–Kier alpha value is -3.68. The van der Waals surface area contributed by atoms with Crippen molar-refractivity contribution in [2.45, 2.75) is 33.9 Å². The molecule has 0 radical (unpaired) electrons. The summed E-state index contributed by atoms with van der Waals surface area (Å²) in [5.41, 5.74) is 3.03. The predicted octanol–water partition coefficient (Wildman–Crippen LogP) is 3.33. The normalized spacial score (nSPS) is 11.0. The van der Waals surface area contributed by atoms with Crippen LogP contribution in [-0.4, -0.2) is 31.4 Å². The van der Waals surface area contributed by atoms with Crippen LogP contribution in [-0.2, 0) is 17.9 Å². The summed E-state index contributed by atoms with van der Waals surface area (Å²) in [5.74, 6) is -0.735. The quantitative estimate of drug-likeness (QED) is 0.603. The fraction of sp³-hybridized carbons (Fsp3) is 0.238. The lowest BCUT2D eigenvalue weighted by Crippen LogP contribution is -2.17. The van der Waals surface area contributed by atoms with E-state index >= 15 is 0 Å². The third-order valence-electron chi connectivity index (χ3n) is 4.45. The van der Waals surface area contributed by atoms with Crippen molar-refractivity contribution in [3.8, 4) is 0 Å². The first kappa shape index (κ1) is 20.1. The highest BCUT2D eigenvalue weighted by Gasteiger charge is 2.18. The molecule has 2 N–H and O–H groups in total. The number of benzene rings is 1. The number of nitrogens with zero attached hydrogens (tertiary/aromatic N) is 4. The van der Waals surface area contributed by atoms with Crippen LogP contribution >= 0.6 is 0 Å². The van der Waals surface area contributed by atoms with Crippen molar-refractivity contribution in [3.63, 3.8) is 0 Å². The van der Waals surface area contributed by atoms with Crippen LogP contribution < -0.4 is 10.6 Å². The van der Waals surface area contributed by atoms with Gasteiger partial charge in [0.05, 0.1) is 11.9 Å². The lowest BCUT2D eigenvalue weighted by Gasteiger charge is -2.05. The Labute approximate surface area is 169 Å². The predicted molar refractivity (Wildman–Crippen MR) is 113 cm³/mol. The Kier molecular flexibility index (Phi) is 6.23. The molecule has 0 fully saturated rings. The van der Waals surface area contributed by atoms with Crippen molar-refractivity contribution >= 4 is 29.3 Å². The molecule has 1 aromatic carbocycles. The lowest BCUT2D eigenvalue weighted by atomic mass is 10.2. The van der Waals surface area contributed by atoms with E-state index in [-0.39, 0.29) is 17.5 Å². The summed E-state index contributed by atoms with van der Waals surface area (Å²) >= 11 is 0. The fourth-order valence-corrected chi connectivity index (χ4v) is 2.84. The van der Waals surface area contributed by atoms with Crippen molar-refractivity contribution < 1.29 is 9.59 Å². The minimum absolute atomic E-state index is 0.160. The Bertz CT molecular complexity index is 1030. The first-order valence-corrected chi connectivity index (χ1v) is 9.47. The summed E-state index contributed by atoms with van der Waals surface area (Å²) in [6.45, 7) is 7.21. The van der Waals surface area contributed by atoms with Gasteiger partial charge in [0, 0.05) is 42.3 Å². The minimum Gasteiger partial charge on any atom is -0.321 e. The average Bonchev–Trinajstić information content (AvgIpc) is 3.30. The molecule has 0 aliphatic rings. The summed E-state index contributed by atoms with van der Waals surface area (Å²) in [6, 6.07) is 9.10. The molecule has 0 aliphatic carbocycles. The smallest absolute Gasteiger partial charge is 0.278 e. The molecule has 3 aromatic rings. The first-order valence-electron chi connectivity index (χ1n) is 9.47.